The molecule has 0 saturated heterocycles. The average molecular weight is 214 g/mol. The highest BCUT2D eigenvalue weighted by Crippen LogP contribution is 2.07. The van der Waals surface area contributed by atoms with Crippen molar-refractivity contribution in [3.63, 3.8) is 0 Å². The molecular weight excluding hydrogens is 196 g/mol. The van der Waals surface area contributed by atoms with Crippen LogP contribution in [0.1, 0.15) is 17.3 Å². The number of oxazole rings is 1. The van der Waals surface area contributed by atoms with Gasteiger partial charge in [0, 0.05) is 13.7 Å². The van der Waals surface area contributed by atoms with E-state index in [0.717, 1.165) is 11.5 Å². The van der Waals surface area contributed by atoms with Crippen LogP contribution in [0.5, 0.6) is 0 Å². The molecule has 5 heteroatoms. The average Bonchev–Trinajstić information content (AvgIpc) is 2.46. The molecule has 1 aromatic rings. The highest BCUT2D eigenvalue weighted by Gasteiger charge is 2.06. The topological polar surface area (TPSA) is 67.5 Å². The maximum absolute atomic E-state index is 9.35. The van der Waals surface area contributed by atoms with Gasteiger partial charge in [-0.2, -0.15) is 0 Å². The second-order valence-corrected chi connectivity index (χ2v) is 3.49. The molecule has 0 aliphatic heterocycles. The highest BCUT2D eigenvalue weighted by atomic mass is 16.5. The number of methoxy groups -OCH3 is 1. The van der Waals surface area contributed by atoms with E-state index in [9.17, 15) is 5.11 Å². The Bertz CT molecular complexity index is 279. The molecule has 1 aromatic heterocycles. The van der Waals surface area contributed by atoms with Crippen LogP contribution in [-0.2, 0) is 11.3 Å². The van der Waals surface area contributed by atoms with Crippen LogP contribution in [0.3, 0.4) is 0 Å². The lowest BCUT2D eigenvalue weighted by atomic mass is 10.4. The molecule has 1 heterocycles. The van der Waals surface area contributed by atoms with Crippen molar-refractivity contribution in [2.75, 3.05) is 20.3 Å². The van der Waals surface area contributed by atoms with Gasteiger partial charge < -0.3 is 19.6 Å². The number of nitrogens with one attached hydrogen (secondary N) is 1. The van der Waals surface area contributed by atoms with Crippen molar-refractivity contribution in [1.82, 2.24) is 10.3 Å². The van der Waals surface area contributed by atoms with Crippen LogP contribution in [0.2, 0.25) is 0 Å². The van der Waals surface area contributed by atoms with Gasteiger partial charge in [-0.05, 0) is 13.8 Å². The van der Waals surface area contributed by atoms with E-state index in [1.54, 1.807) is 7.11 Å². The van der Waals surface area contributed by atoms with Crippen molar-refractivity contribution in [2.45, 2.75) is 26.5 Å². The molecule has 0 radical (unpaired) electrons. The first-order chi connectivity index (χ1) is 7.13. The molecule has 0 saturated carbocycles. The number of hydrogen-bond donors (Lipinski definition) is 2. The largest absolute Gasteiger partial charge is 0.444 e. The third kappa shape index (κ3) is 3.99. The molecule has 2 N–H and O–H groups in total. The van der Waals surface area contributed by atoms with E-state index in [4.69, 9.17) is 9.15 Å². The predicted octanol–water partition coefficient (Wildman–Crippen LogP) is 0.388. The van der Waals surface area contributed by atoms with Crippen LogP contribution < -0.4 is 5.32 Å². The fourth-order valence-electron chi connectivity index (χ4n) is 1.21. The zero-order valence-electron chi connectivity index (χ0n) is 9.41. The van der Waals surface area contributed by atoms with Crippen molar-refractivity contribution in [3.05, 3.63) is 17.3 Å². The van der Waals surface area contributed by atoms with Crippen LogP contribution in [0.15, 0.2) is 4.42 Å². The van der Waals surface area contributed by atoms with Gasteiger partial charge in [-0.15, -0.1) is 0 Å². The number of aliphatic hydroxyl groups excluding tert-OH is 1. The second-order valence-electron chi connectivity index (χ2n) is 3.49. The van der Waals surface area contributed by atoms with Crippen molar-refractivity contribution in [2.24, 2.45) is 0 Å². The van der Waals surface area contributed by atoms with Crippen LogP contribution >= 0.6 is 0 Å². The summed E-state index contributed by atoms with van der Waals surface area (Å²) in [5, 5.41) is 12.4. The van der Waals surface area contributed by atoms with E-state index in [0.29, 0.717) is 25.6 Å². The molecule has 0 aliphatic rings. The molecular formula is C10H18N2O3. The molecule has 0 fully saturated rings. The Morgan fingerprint density at radius 1 is 1.53 bits per heavy atom. The Morgan fingerprint density at radius 2 is 2.27 bits per heavy atom. The van der Waals surface area contributed by atoms with Gasteiger partial charge in [0.05, 0.1) is 24.9 Å². The maximum atomic E-state index is 9.35. The molecule has 0 aromatic carbocycles. The minimum Gasteiger partial charge on any atom is -0.444 e. The van der Waals surface area contributed by atoms with Gasteiger partial charge in [0.2, 0.25) is 5.89 Å². The number of hydrogen-bond acceptors (Lipinski definition) is 5. The van der Waals surface area contributed by atoms with Crippen LogP contribution in [-0.4, -0.2) is 36.5 Å². The first-order valence-electron chi connectivity index (χ1n) is 4.94. The van der Waals surface area contributed by atoms with Gasteiger partial charge in [-0.1, -0.05) is 0 Å². The Kier molecular flexibility index (Phi) is 4.74. The minimum atomic E-state index is -0.493. The summed E-state index contributed by atoms with van der Waals surface area (Å²) in [6, 6.07) is 0. The van der Waals surface area contributed by atoms with Gasteiger partial charge in [0.25, 0.3) is 0 Å². The fraction of sp³-hybridized carbons (Fsp3) is 0.700. The van der Waals surface area contributed by atoms with E-state index in [1.807, 2.05) is 13.8 Å². The second kappa shape index (κ2) is 5.85. The zero-order valence-corrected chi connectivity index (χ0v) is 9.41. The zero-order chi connectivity index (χ0) is 11.3. The first-order valence-corrected chi connectivity index (χ1v) is 4.94. The van der Waals surface area contributed by atoms with Gasteiger partial charge in [0.15, 0.2) is 0 Å². The SMILES string of the molecule is COCC(O)CNCc1nc(C)c(C)o1. The van der Waals surface area contributed by atoms with E-state index >= 15 is 0 Å². The quantitative estimate of drug-likeness (QED) is 0.717. The first kappa shape index (κ1) is 12.2. The molecule has 0 aliphatic carbocycles. The molecule has 86 valence electrons. The summed E-state index contributed by atoms with van der Waals surface area (Å²) in [4.78, 5) is 4.21. The molecule has 0 spiro atoms. The third-order valence-electron chi connectivity index (χ3n) is 2.09. The normalized spacial score (nSPS) is 13.1. The number of aliphatic hydroxyl groups is 1. The molecule has 1 unspecified atom stereocenters. The molecule has 1 rings (SSSR count). The summed E-state index contributed by atoms with van der Waals surface area (Å²) < 4.78 is 10.2. The number of rotatable bonds is 6. The summed E-state index contributed by atoms with van der Waals surface area (Å²) in [5.41, 5.74) is 0.907. The maximum Gasteiger partial charge on any atom is 0.208 e. The lowest BCUT2D eigenvalue weighted by molar-refractivity contribution is 0.0640. The summed E-state index contributed by atoms with van der Waals surface area (Å²) in [5.74, 6) is 1.49. The smallest absolute Gasteiger partial charge is 0.208 e. The minimum absolute atomic E-state index is 0.330. The summed E-state index contributed by atoms with van der Waals surface area (Å²) in [7, 11) is 1.56. The predicted molar refractivity (Wildman–Crippen MR) is 55.6 cm³/mol. The van der Waals surface area contributed by atoms with Crippen LogP contribution in [0.4, 0.5) is 0 Å². The van der Waals surface area contributed by atoms with Gasteiger partial charge in [0.1, 0.15) is 5.76 Å². The lowest BCUT2D eigenvalue weighted by Gasteiger charge is -2.08. The van der Waals surface area contributed by atoms with Gasteiger partial charge >= 0.3 is 0 Å². The Morgan fingerprint density at radius 3 is 2.80 bits per heavy atom. The van der Waals surface area contributed by atoms with Crippen molar-refractivity contribution in [1.29, 1.82) is 0 Å². The fourth-order valence-corrected chi connectivity index (χ4v) is 1.21. The summed E-state index contributed by atoms with van der Waals surface area (Å²) in [6.07, 6.45) is -0.493. The van der Waals surface area contributed by atoms with E-state index in [2.05, 4.69) is 10.3 Å². The standard InChI is InChI=1S/C10H18N2O3/c1-7-8(2)15-10(12-7)5-11-4-9(13)6-14-3/h9,11,13H,4-6H2,1-3H3. The van der Waals surface area contributed by atoms with E-state index < -0.39 is 6.10 Å². The molecule has 5 nitrogen and oxygen atoms in total. The van der Waals surface area contributed by atoms with Gasteiger partial charge in [-0.25, -0.2) is 4.98 Å². The third-order valence-corrected chi connectivity index (χ3v) is 2.09. The number of aromatic nitrogens is 1. The monoisotopic (exact) mass is 214 g/mol. The van der Waals surface area contributed by atoms with Crippen LogP contribution in [0, 0.1) is 13.8 Å². The number of ether oxygens (including phenoxy) is 1. The van der Waals surface area contributed by atoms with Crippen LogP contribution in [0.25, 0.3) is 0 Å². The number of aryl methyl sites for hydroxylation is 2. The molecule has 15 heavy (non-hydrogen) atoms. The van der Waals surface area contributed by atoms with E-state index in [-0.39, 0.29) is 0 Å². The lowest BCUT2D eigenvalue weighted by Crippen LogP contribution is -2.29. The molecule has 0 amide bonds. The molecule has 1 atom stereocenters. The van der Waals surface area contributed by atoms with Gasteiger partial charge in [-0.3, -0.25) is 0 Å². The summed E-state index contributed by atoms with van der Waals surface area (Å²) in [6.45, 7) is 5.11. The van der Waals surface area contributed by atoms with Crippen molar-refractivity contribution >= 4 is 0 Å². The Balaban J connectivity index is 2.25. The van der Waals surface area contributed by atoms with Crippen molar-refractivity contribution < 1.29 is 14.3 Å². The molecule has 0 bridgehead atoms. The summed E-state index contributed by atoms with van der Waals surface area (Å²) >= 11 is 0. The Hall–Kier alpha value is -0.910. The number of nitrogens with zero attached hydrogens (tertiary/aromatic N) is 1. The van der Waals surface area contributed by atoms with Crippen molar-refractivity contribution in [3.8, 4) is 0 Å². The Labute approximate surface area is 89.5 Å². The highest BCUT2D eigenvalue weighted by molar-refractivity contribution is 5.05. The van der Waals surface area contributed by atoms with E-state index in [1.165, 1.54) is 0 Å².